The summed E-state index contributed by atoms with van der Waals surface area (Å²) in [6.45, 7) is 3.94. The summed E-state index contributed by atoms with van der Waals surface area (Å²) in [6, 6.07) is 5.53. The maximum absolute atomic E-state index is 5.97. The van der Waals surface area contributed by atoms with Gasteiger partial charge in [-0.1, -0.05) is 0 Å². The van der Waals surface area contributed by atoms with Crippen LogP contribution < -0.4 is 10.5 Å². The Morgan fingerprint density at radius 3 is 2.59 bits per heavy atom. The summed E-state index contributed by atoms with van der Waals surface area (Å²) in [5.74, 6) is 0.762. The van der Waals surface area contributed by atoms with Gasteiger partial charge in [-0.3, -0.25) is 0 Å². The van der Waals surface area contributed by atoms with Gasteiger partial charge in [-0.05, 0) is 41.9 Å². The molecule has 1 aromatic carbocycles. The molecule has 0 atom stereocenters. The third kappa shape index (κ3) is 2.02. The molecule has 1 heterocycles. The Morgan fingerprint density at radius 2 is 2.06 bits per heavy atom. The predicted octanol–water partition coefficient (Wildman–Crippen LogP) is 2.84. The van der Waals surface area contributed by atoms with Crippen LogP contribution in [0.4, 0.5) is 5.69 Å². The van der Waals surface area contributed by atoms with Crippen LogP contribution in [0.3, 0.4) is 0 Å². The van der Waals surface area contributed by atoms with Crippen LogP contribution in [0.5, 0.6) is 5.75 Å². The summed E-state index contributed by atoms with van der Waals surface area (Å²) in [7, 11) is 1.63. The molecule has 0 radical (unpaired) electrons. The van der Waals surface area contributed by atoms with Crippen LogP contribution in [0.25, 0.3) is 5.69 Å². The van der Waals surface area contributed by atoms with Gasteiger partial charge in [-0.15, -0.1) is 0 Å². The third-order valence-corrected chi connectivity index (χ3v) is 3.82. The van der Waals surface area contributed by atoms with E-state index in [1.54, 1.807) is 7.11 Å². The summed E-state index contributed by atoms with van der Waals surface area (Å²) in [4.78, 5) is 0. The number of anilines is 1. The maximum Gasteiger partial charge on any atom is 0.121 e. The van der Waals surface area contributed by atoms with Crippen molar-refractivity contribution in [3.63, 3.8) is 0 Å². The van der Waals surface area contributed by atoms with Crippen LogP contribution in [0, 0.1) is 13.8 Å². The molecule has 2 aromatic rings. The number of rotatable bonds is 2. The van der Waals surface area contributed by atoms with Crippen molar-refractivity contribution in [2.24, 2.45) is 0 Å². The number of halogens is 1. The Morgan fingerprint density at radius 1 is 1.35 bits per heavy atom. The number of hydrogen-bond donors (Lipinski definition) is 1. The van der Waals surface area contributed by atoms with E-state index in [4.69, 9.17) is 10.5 Å². The number of nitrogen functional groups attached to an aromatic ring is 1. The van der Waals surface area contributed by atoms with Gasteiger partial charge >= 0.3 is 0 Å². The fraction of sp³-hybridized carbons (Fsp3) is 0.250. The highest BCUT2D eigenvalue weighted by molar-refractivity contribution is 9.10. The van der Waals surface area contributed by atoms with E-state index in [1.807, 2.05) is 36.7 Å². The second-order valence-electron chi connectivity index (χ2n) is 3.82. The van der Waals surface area contributed by atoms with Crippen LogP contribution in [0.15, 0.2) is 22.7 Å². The molecule has 0 aliphatic rings. The van der Waals surface area contributed by atoms with Gasteiger partial charge in [-0.25, -0.2) is 4.68 Å². The van der Waals surface area contributed by atoms with Crippen molar-refractivity contribution in [2.45, 2.75) is 13.8 Å². The number of ether oxygens (including phenoxy) is 1. The van der Waals surface area contributed by atoms with E-state index in [-0.39, 0.29) is 0 Å². The number of nitrogens with zero attached hydrogens (tertiary/aromatic N) is 2. The van der Waals surface area contributed by atoms with Crippen molar-refractivity contribution >= 4 is 21.6 Å². The zero-order valence-electron chi connectivity index (χ0n) is 9.99. The molecule has 0 bridgehead atoms. The summed E-state index contributed by atoms with van der Waals surface area (Å²) in [5, 5.41) is 4.45. The molecule has 0 fully saturated rings. The second kappa shape index (κ2) is 4.41. The quantitative estimate of drug-likeness (QED) is 0.867. The number of hydrogen-bond acceptors (Lipinski definition) is 3. The Balaban J connectivity index is 2.63. The van der Waals surface area contributed by atoms with Gasteiger partial charge in [0.1, 0.15) is 5.75 Å². The van der Waals surface area contributed by atoms with Gasteiger partial charge in [0.05, 0.1) is 34.3 Å². The van der Waals surface area contributed by atoms with E-state index >= 15 is 0 Å². The van der Waals surface area contributed by atoms with Gasteiger partial charge in [0.25, 0.3) is 0 Å². The molecule has 0 saturated heterocycles. The molecule has 90 valence electrons. The van der Waals surface area contributed by atoms with E-state index in [0.29, 0.717) is 5.69 Å². The maximum atomic E-state index is 5.97. The number of aryl methyl sites for hydroxylation is 1. The first-order valence-electron chi connectivity index (χ1n) is 5.20. The van der Waals surface area contributed by atoms with E-state index in [1.165, 1.54) is 0 Å². The normalized spacial score (nSPS) is 10.6. The van der Waals surface area contributed by atoms with Crippen LogP contribution in [0.2, 0.25) is 0 Å². The Hall–Kier alpha value is -1.49. The van der Waals surface area contributed by atoms with Crippen molar-refractivity contribution < 1.29 is 4.74 Å². The zero-order valence-corrected chi connectivity index (χ0v) is 11.6. The molecule has 17 heavy (non-hydrogen) atoms. The van der Waals surface area contributed by atoms with Gasteiger partial charge in [-0.2, -0.15) is 5.10 Å². The lowest BCUT2D eigenvalue weighted by atomic mass is 10.2. The number of benzene rings is 1. The molecule has 2 rings (SSSR count). The van der Waals surface area contributed by atoms with Crippen molar-refractivity contribution in [1.29, 1.82) is 0 Å². The molecule has 0 saturated carbocycles. The molecule has 4 nitrogen and oxygen atoms in total. The first-order valence-corrected chi connectivity index (χ1v) is 5.99. The minimum Gasteiger partial charge on any atom is -0.497 e. The summed E-state index contributed by atoms with van der Waals surface area (Å²) >= 11 is 3.50. The Labute approximate surface area is 109 Å². The summed E-state index contributed by atoms with van der Waals surface area (Å²) in [6.07, 6.45) is 0. The van der Waals surface area contributed by atoms with Crippen LogP contribution in [0.1, 0.15) is 11.4 Å². The lowest BCUT2D eigenvalue weighted by Gasteiger charge is -2.09. The fourth-order valence-electron chi connectivity index (χ4n) is 1.69. The van der Waals surface area contributed by atoms with Gasteiger partial charge < -0.3 is 10.5 Å². The molecular formula is C12H14BrN3O. The van der Waals surface area contributed by atoms with Crippen molar-refractivity contribution in [1.82, 2.24) is 9.78 Å². The number of methoxy groups -OCH3 is 1. The molecule has 5 heteroatoms. The van der Waals surface area contributed by atoms with E-state index in [0.717, 1.165) is 27.3 Å². The third-order valence-electron chi connectivity index (χ3n) is 2.67. The SMILES string of the molecule is COc1ccc(N)c(-n2nc(C)c(Br)c2C)c1. The first-order chi connectivity index (χ1) is 8.04. The van der Waals surface area contributed by atoms with Crippen LogP contribution in [-0.2, 0) is 0 Å². The molecule has 0 spiro atoms. The van der Waals surface area contributed by atoms with E-state index < -0.39 is 0 Å². The van der Waals surface area contributed by atoms with Crippen molar-refractivity contribution in [3.05, 3.63) is 34.1 Å². The molecule has 0 amide bonds. The topological polar surface area (TPSA) is 53.1 Å². The molecule has 0 aliphatic heterocycles. The molecular weight excluding hydrogens is 282 g/mol. The highest BCUT2D eigenvalue weighted by Crippen LogP contribution is 2.28. The molecule has 2 N–H and O–H groups in total. The van der Waals surface area contributed by atoms with Gasteiger partial charge in [0.2, 0.25) is 0 Å². The largest absolute Gasteiger partial charge is 0.497 e. The lowest BCUT2D eigenvalue weighted by molar-refractivity contribution is 0.414. The van der Waals surface area contributed by atoms with E-state index in [2.05, 4.69) is 21.0 Å². The molecule has 1 aromatic heterocycles. The van der Waals surface area contributed by atoms with Crippen molar-refractivity contribution in [2.75, 3.05) is 12.8 Å². The average molecular weight is 296 g/mol. The lowest BCUT2D eigenvalue weighted by Crippen LogP contribution is -2.03. The molecule has 0 aliphatic carbocycles. The minimum atomic E-state index is 0.670. The monoisotopic (exact) mass is 295 g/mol. The Bertz CT molecular complexity index is 563. The summed E-state index contributed by atoms with van der Waals surface area (Å²) in [5.41, 5.74) is 9.42. The Kier molecular flexibility index (Phi) is 3.11. The second-order valence-corrected chi connectivity index (χ2v) is 4.61. The van der Waals surface area contributed by atoms with Crippen LogP contribution in [-0.4, -0.2) is 16.9 Å². The number of nitrogens with two attached hydrogens (primary N) is 1. The summed E-state index contributed by atoms with van der Waals surface area (Å²) < 4.78 is 8.02. The van der Waals surface area contributed by atoms with Crippen LogP contribution >= 0.6 is 15.9 Å². The van der Waals surface area contributed by atoms with E-state index in [9.17, 15) is 0 Å². The molecule has 0 unspecified atom stereocenters. The zero-order chi connectivity index (χ0) is 12.6. The smallest absolute Gasteiger partial charge is 0.121 e. The standard InChI is InChI=1S/C12H14BrN3O/c1-7-12(13)8(2)16(15-7)11-6-9(17-3)4-5-10(11)14/h4-6H,14H2,1-3H3. The first kappa shape index (κ1) is 12.0. The predicted molar refractivity (Wildman–Crippen MR) is 71.7 cm³/mol. The highest BCUT2D eigenvalue weighted by atomic mass is 79.9. The van der Waals surface area contributed by atoms with Gasteiger partial charge in [0.15, 0.2) is 0 Å². The minimum absolute atomic E-state index is 0.670. The van der Waals surface area contributed by atoms with Crippen molar-refractivity contribution in [3.8, 4) is 11.4 Å². The fourth-order valence-corrected chi connectivity index (χ4v) is 1.94. The number of aromatic nitrogens is 2. The highest BCUT2D eigenvalue weighted by Gasteiger charge is 2.12. The average Bonchev–Trinajstić information content (AvgIpc) is 2.58. The van der Waals surface area contributed by atoms with Gasteiger partial charge in [0, 0.05) is 6.07 Å².